The van der Waals surface area contributed by atoms with Crippen molar-refractivity contribution in [1.29, 1.82) is 0 Å². The lowest BCUT2D eigenvalue weighted by Crippen LogP contribution is -2.25. The number of carbonyl (C=O) groups is 1. The van der Waals surface area contributed by atoms with E-state index in [4.69, 9.17) is 23.2 Å². The number of amides is 1. The first-order chi connectivity index (χ1) is 16.2. The molecule has 0 fully saturated rings. The zero-order chi connectivity index (χ0) is 24.3. The van der Waals surface area contributed by atoms with Gasteiger partial charge in [-0.3, -0.25) is 4.79 Å². The number of sulfone groups is 1. The highest BCUT2D eigenvalue weighted by Crippen LogP contribution is 2.30. The van der Waals surface area contributed by atoms with Crippen LogP contribution in [0.4, 0.5) is 0 Å². The summed E-state index contributed by atoms with van der Waals surface area (Å²) in [4.78, 5) is 15.8. The van der Waals surface area contributed by atoms with Crippen molar-refractivity contribution in [3.8, 4) is 5.75 Å². The molecule has 174 valence electrons. The van der Waals surface area contributed by atoms with E-state index in [9.17, 15) is 18.3 Å². The third-order valence-electron chi connectivity index (χ3n) is 5.09. The second-order valence-corrected chi connectivity index (χ2v) is 10.5. The molecule has 0 aliphatic carbocycles. The molecule has 1 aromatic heterocycles. The van der Waals surface area contributed by atoms with E-state index in [0.29, 0.717) is 26.5 Å². The number of hydrogen-bond donors (Lipinski definition) is 3. The summed E-state index contributed by atoms with van der Waals surface area (Å²) >= 11 is 12.1. The summed E-state index contributed by atoms with van der Waals surface area (Å²) < 4.78 is 26.7. The van der Waals surface area contributed by atoms with Crippen molar-refractivity contribution in [3.63, 3.8) is 0 Å². The molecule has 0 saturated heterocycles. The van der Waals surface area contributed by atoms with Gasteiger partial charge in [0.1, 0.15) is 16.3 Å². The van der Waals surface area contributed by atoms with Crippen LogP contribution in [0.15, 0.2) is 77.7 Å². The molecule has 0 bridgehead atoms. The summed E-state index contributed by atoms with van der Waals surface area (Å²) in [6, 6.07) is 18.2. The maximum atomic E-state index is 13.4. The predicted molar refractivity (Wildman–Crippen MR) is 135 cm³/mol. The molecule has 1 amide bonds. The number of rotatable bonds is 7. The van der Waals surface area contributed by atoms with E-state index in [2.05, 4.69) is 10.3 Å². The van der Waals surface area contributed by atoms with Crippen LogP contribution in [-0.2, 0) is 16.4 Å². The number of halogens is 2. The largest absolute Gasteiger partial charge is 0.508 e. The van der Waals surface area contributed by atoms with E-state index in [-0.39, 0.29) is 28.6 Å². The third kappa shape index (κ3) is 5.44. The normalized spacial score (nSPS) is 11.8. The first-order valence-corrected chi connectivity index (χ1v) is 12.7. The van der Waals surface area contributed by atoms with Crippen molar-refractivity contribution in [2.24, 2.45) is 0 Å². The summed E-state index contributed by atoms with van der Waals surface area (Å²) in [5, 5.41) is 13.6. The van der Waals surface area contributed by atoms with Crippen molar-refractivity contribution in [2.75, 3.05) is 5.75 Å². The Hall–Kier alpha value is -3.26. The Morgan fingerprint density at radius 3 is 2.53 bits per heavy atom. The van der Waals surface area contributed by atoms with Crippen LogP contribution >= 0.6 is 23.2 Å². The van der Waals surface area contributed by atoms with E-state index in [0.717, 1.165) is 5.56 Å². The zero-order valence-electron chi connectivity index (χ0n) is 17.8. The number of aromatic amines is 1. The summed E-state index contributed by atoms with van der Waals surface area (Å²) in [5.74, 6) is -0.846. The summed E-state index contributed by atoms with van der Waals surface area (Å²) in [7, 11) is -3.92. The number of aromatic nitrogens is 1. The fraction of sp³-hybridized carbons (Fsp3) is 0.0800. The Kier molecular flexibility index (Phi) is 6.97. The second-order valence-electron chi connectivity index (χ2n) is 7.61. The molecular weight excluding hydrogens is 495 g/mol. The Morgan fingerprint density at radius 2 is 1.76 bits per heavy atom. The molecule has 0 radical (unpaired) electrons. The Bertz CT molecular complexity index is 1510. The van der Waals surface area contributed by atoms with Crippen LogP contribution in [0, 0.1) is 0 Å². The van der Waals surface area contributed by atoms with Crippen LogP contribution in [0.3, 0.4) is 0 Å². The number of fused-ring (bicyclic) bond motifs is 1. The molecule has 0 atom stereocenters. The lowest BCUT2D eigenvalue weighted by Gasteiger charge is -2.08. The third-order valence-corrected chi connectivity index (χ3v) is 7.24. The molecule has 3 aromatic carbocycles. The second kappa shape index (κ2) is 9.93. The van der Waals surface area contributed by atoms with Gasteiger partial charge in [-0.1, -0.05) is 59.6 Å². The number of H-pyrrole nitrogens is 1. The lowest BCUT2D eigenvalue weighted by atomic mass is 10.2. The van der Waals surface area contributed by atoms with Gasteiger partial charge in [-0.15, -0.1) is 0 Å². The molecule has 1 heterocycles. The smallest absolute Gasteiger partial charge is 0.269 e. The number of benzene rings is 3. The number of phenolic OH excluding ortho intramolecular Hbond substituents is 1. The minimum absolute atomic E-state index is 0.0711. The van der Waals surface area contributed by atoms with E-state index in [1.807, 2.05) is 0 Å². The quantitative estimate of drug-likeness (QED) is 0.299. The van der Waals surface area contributed by atoms with Crippen LogP contribution in [-0.4, -0.2) is 30.2 Å². The average Bonchev–Trinajstić information content (AvgIpc) is 3.17. The molecule has 4 rings (SSSR count). The Morgan fingerprint density at radius 1 is 1.00 bits per heavy atom. The molecule has 0 unspecified atom stereocenters. The monoisotopic (exact) mass is 514 g/mol. The Labute approximate surface area is 206 Å². The highest BCUT2D eigenvalue weighted by Gasteiger charge is 2.27. The molecule has 4 aromatic rings. The zero-order valence-corrected chi connectivity index (χ0v) is 20.1. The maximum absolute atomic E-state index is 13.4. The molecule has 0 aliphatic rings. The standard InChI is InChI=1S/C25H20Cl2N2O4S/c26-18-7-1-4-16(12-18)6-3-11-34(32,33)24-21-14-19(27)9-10-22(21)29-23(24)25(31)28-15-17-5-2-8-20(30)13-17/h1-10,12-14,29-30H,11,15H2,(H,28,31). The van der Waals surface area contributed by atoms with Gasteiger partial charge in [-0.2, -0.15) is 0 Å². The number of phenols is 1. The van der Waals surface area contributed by atoms with Gasteiger partial charge < -0.3 is 15.4 Å². The van der Waals surface area contributed by atoms with Crippen molar-refractivity contribution in [3.05, 3.63) is 99.7 Å². The molecule has 3 N–H and O–H groups in total. The van der Waals surface area contributed by atoms with Gasteiger partial charge in [0.15, 0.2) is 9.84 Å². The molecule has 0 spiro atoms. The van der Waals surface area contributed by atoms with Crippen molar-refractivity contribution < 1.29 is 18.3 Å². The van der Waals surface area contributed by atoms with Gasteiger partial charge >= 0.3 is 0 Å². The van der Waals surface area contributed by atoms with Crippen molar-refractivity contribution in [1.82, 2.24) is 10.3 Å². The number of aromatic hydroxyl groups is 1. The number of nitrogens with one attached hydrogen (secondary N) is 2. The molecule has 0 saturated carbocycles. The van der Waals surface area contributed by atoms with Crippen molar-refractivity contribution >= 4 is 55.9 Å². The van der Waals surface area contributed by atoms with Crippen LogP contribution in [0.1, 0.15) is 21.6 Å². The van der Waals surface area contributed by atoms with Gasteiger partial charge in [-0.05, 0) is 53.6 Å². The summed E-state index contributed by atoms with van der Waals surface area (Å²) in [6.07, 6.45) is 3.17. The molecular formula is C25H20Cl2N2O4S. The molecule has 34 heavy (non-hydrogen) atoms. The van der Waals surface area contributed by atoms with Gasteiger partial charge in [0.2, 0.25) is 0 Å². The Balaban J connectivity index is 1.66. The predicted octanol–water partition coefficient (Wildman–Crippen LogP) is 5.60. The van der Waals surface area contributed by atoms with Gasteiger partial charge in [-0.25, -0.2) is 8.42 Å². The van der Waals surface area contributed by atoms with Crippen LogP contribution in [0.5, 0.6) is 5.75 Å². The summed E-state index contributed by atoms with van der Waals surface area (Å²) in [6.45, 7) is 0.109. The molecule has 0 aliphatic heterocycles. The van der Waals surface area contributed by atoms with E-state index >= 15 is 0 Å². The van der Waals surface area contributed by atoms with E-state index < -0.39 is 15.7 Å². The average molecular weight is 515 g/mol. The van der Waals surface area contributed by atoms with Gasteiger partial charge in [0.05, 0.1) is 5.75 Å². The van der Waals surface area contributed by atoms with E-state index in [1.165, 1.54) is 24.3 Å². The first-order valence-electron chi connectivity index (χ1n) is 10.2. The number of hydrogen-bond acceptors (Lipinski definition) is 4. The SMILES string of the molecule is O=C(NCc1cccc(O)c1)c1[nH]c2ccc(Cl)cc2c1S(=O)(=O)CC=Cc1cccc(Cl)c1. The number of carbonyl (C=O) groups excluding carboxylic acids is 1. The van der Waals surface area contributed by atoms with Crippen LogP contribution in [0.25, 0.3) is 17.0 Å². The maximum Gasteiger partial charge on any atom is 0.269 e. The fourth-order valence-electron chi connectivity index (χ4n) is 3.56. The van der Waals surface area contributed by atoms with Crippen LogP contribution < -0.4 is 5.32 Å². The lowest BCUT2D eigenvalue weighted by molar-refractivity contribution is 0.0943. The van der Waals surface area contributed by atoms with Gasteiger partial charge in [0.25, 0.3) is 5.91 Å². The van der Waals surface area contributed by atoms with Crippen LogP contribution in [0.2, 0.25) is 10.0 Å². The first kappa shape index (κ1) is 23.9. The highest BCUT2D eigenvalue weighted by atomic mass is 35.5. The van der Waals surface area contributed by atoms with Crippen molar-refractivity contribution in [2.45, 2.75) is 11.4 Å². The highest BCUT2D eigenvalue weighted by molar-refractivity contribution is 7.91. The van der Waals surface area contributed by atoms with Gasteiger partial charge in [0, 0.05) is 27.5 Å². The topological polar surface area (TPSA) is 99.3 Å². The van der Waals surface area contributed by atoms with E-state index in [1.54, 1.807) is 54.6 Å². The molecule has 6 nitrogen and oxygen atoms in total. The summed E-state index contributed by atoms with van der Waals surface area (Å²) in [5.41, 5.74) is 1.83. The molecule has 9 heteroatoms. The minimum Gasteiger partial charge on any atom is -0.508 e. The fourth-order valence-corrected chi connectivity index (χ4v) is 5.41. The minimum atomic E-state index is -3.92.